The molecule has 16 heavy (non-hydrogen) atoms. The van der Waals surface area contributed by atoms with Gasteiger partial charge in [0, 0.05) is 25.9 Å². The van der Waals surface area contributed by atoms with E-state index in [9.17, 15) is 0 Å². The largest absolute Gasteiger partial charge is 0.380 e. The number of aryl methyl sites for hydroxylation is 2. The SMILES string of the molecule is CCCCOCCNc1nc(C)cn1CC. The van der Waals surface area contributed by atoms with E-state index in [0.29, 0.717) is 0 Å². The zero-order valence-electron chi connectivity index (χ0n) is 10.6. The fourth-order valence-corrected chi connectivity index (χ4v) is 1.51. The Balaban J connectivity index is 2.21. The Bertz CT molecular complexity index is 296. The molecule has 1 heterocycles. The summed E-state index contributed by atoms with van der Waals surface area (Å²) >= 11 is 0. The number of aromatic nitrogens is 2. The van der Waals surface area contributed by atoms with E-state index in [0.717, 1.165) is 44.4 Å². The lowest BCUT2D eigenvalue weighted by Gasteiger charge is -2.07. The van der Waals surface area contributed by atoms with Gasteiger partial charge in [-0.15, -0.1) is 0 Å². The number of anilines is 1. The molecule has 0 saturated carbocycles. The van der Waals surface area contributed by atoms with Crippen LogP contribution in [0.5, 0.6) is 0 Å². The second kappa shape index (κ2) is 7.28. The molecule has 0 atom stereocenters. The zero-order valence-corrected chi connectivity index (χ0v) is 10.6. The number of imidazole rings is 1. The molecule has 0 aromatic carbocycles. The second-order valence-electron chi connectivity index (χ2n) is 3.88. The van der Waals surface area contributed by atoms with E-state index in [2.05, 4.69) is 34.9 Å². The number of ether oxygens (including phenoxy) is 1. The van der Waals surface area contributed by atoms with Gasteiger partial charge >= 0.3 is 0 Å². The Morgan fingerprint density at radius 1 is 1.38 bits per heavy atom. The number of nitrogens with one attached hydrogen (secondary N) is 1. The lowest BCUT2D eigenvalue weighted by molar-refractivity contribution is 0.141. The van der Waals surface area contributed by atoms with Gasteiger partial charge in [0.05, 0.1) is 12.3 Å². The minimum Gasteiger partial charge on any atom is -0.380 e. The lowest BCUT2D eigenvalue weighted by Crippen LogP contribution is -2.13. The van der Waals surface area contributed by atoms with Gasteiger partial charge in [-0.1, -0.05) is 13.3 Å². The highest BCUT2D eigenvalue weighted by molar-refractivity contribution is 5.28. The minimum atomic E-state index is 0.746. The molecule has 1 aromatic rings. The number of unbranched alkanes of at least 4 members (excludes halogenated alkanes) is 1. The summed E-state index contributed by atoms with van der Waals surface area (Å²) in [6.45, 7) is 9.66. The molecule has 0 amide bonds. The first-order valence-corrected chi connectivity index (χ1v) is 6.13. The molecular formula is C12H23N3O. The third-order valence-corrected chi connectivity index (χ3v) is 2.41. The summed E-state index contributed by atoms with van der Waals surface area (Å²) in [5.74, 6) is 0.944. The van der Waals surface area contributed by atoms with Gasteiger partial charge in [-0.3, -0.25) is 0 Å². The summed E-state index contributed by atoms with van der Waals surface area (Å²) in [6, 6.07) is 0. The monoisotopic (exact) mass is 225 g/mol. The van der Waals surface area contributed by atoms with E-state index < -0.39 is 0 Å². The van der Waals surface area contributed by atoms with Crippen molar-refractivity contribution < 1.29 is 4.74 Å². The smallest absolute Gasteiger partial charge is 0.203 e. The van der Waals surface area contributed by atoms with Crippen LogP contribution in [0.3, 0.4) is 0 Å². The molecule has 0 unspecified atom stereocenters. The van der Waals surface area contributed by atoms with Gasteiger partial charge in [-0.05, 0) is 20.3 Å². The van der Waals surface area contributed by atoms with Crippen LogP contribution in [0.2, 0.25) is 0 Å². The molecule has 0 saturated heterocycles. The molecule has 0 radical (unpaired) electrons. The van der Waals surface area contributed by atoms with Crippen molar-refractivity contribution in [3.63, 3.8) is 0 Å². The van der Waals surface area contributed by atoms with Gasteiger partial charge in [0.15, 0.2) is 0 Å². The Hall–Kier alpha value is -1.03. The normalized spacial score (nSPS) is 10.7. The Labute approximate surface area is 98.0 Å². The maximum atomic E-state index is 5.48. The number of rotatable bonds is 8. The van der Waals surface area contributed by atoms with Crippen LogP contribution >= 0.6 is 0 Å². The molecule has 0 bridgehead atoms. The van der Waals surface area contributed by atoms with Gasteiger partial charge in [-0.2, -0.15) is 0 Å². The molecule has 0 aliphatic rings. The summed E-state index contributed by atoms with van der Waals surface area (Å²) in [7, 11) is 0. The standard InChI is InChI=1S/C12H23N3O/c1-4-6-8-16-9-7-13-12-14-11(3)10-15(12)5-2/h10H,4-9H2,1-3H3,(H,13,14). The van der Waals surface area contributed by atoms with Crippen LogP contribution in [0.15, 0.2) is 6.20 Å². The van der Waals surface area contributed by atoms with E-state index >= 15 is 0 Å². The summed E-state index contributed by atoms with van der Waals surface area (Å²) < 4.78 is 7.59. The van der Waals surface area contributed by atoms with Gasteiger partial charge in [0.1, 0.15) is 0 Å². The molecule has 1 aromatic heterocycles. The summed E-state index contributed by atoms with van der Waals surface area (Å²) in [5.41, 5.74) is 1.05. The second-order valence-corrected chi connectivity index (χ2v) is 3.88. The molecule has 1 N–H and O–H groups in total. The first-order valence-electron chi connectivity index (χ1n) is 6.13. The number of hydrogen-bond acceptors (Lipinski definition) is 3. The van der Waals surface area contributed by atoms with Gasteiger partial charge < -0.3 is 14.6 Å². The fraction of sp³-hybridized carbons (Fsp3) is 0.750. The number of nitrogens with zero attached hydrogens (tertiary/aromatic N) is 2. The van der Waals surface area contributed by atoms with Crippen molar-refractivity contribution in [1.82, 2.24) is 9.55 Å². The van der Waals surface area contributed by atoms with E-state index in [4.69, 9.17) is 4.74 Å². The van der Waals surface area contributed by atoms with Crippen LogP contribution in [-0.4, -0.2) is 29.3 Å². The highest BCUT2D eigenvalue weighted by Gasteiger charge is 2.02. The predicted molar refractivity (Wildman–Crippen MR) is 66.9 cm³/mol. The van der Waals surface area contributed by atoms with Crippen LogP contribution in [-0.2, 0) is 11.3 Å². The van der Waals surface area contributed by atoms with E-state index in [1.807, 2.05) is 6.92 Å². The van der Waals surface area contributed by atoms with Crippen molar-refractivity contribution in [2.45, 2.75) is 40.2 Å². The van der Waals surface area contributed by atoms with Crippen molar-refractivity contribution in [3.05, 3.63) is 11.9 Å². The summed E-state index contributed by atoms with van der Waals surface area (Å²) in [6.07, 6.45) is 4.38. The lowest BCUT2D eigenvalue weighted by atomic mass is 10.4. The average Bonchev–Trinajstić information content (AvgIpc) is 2.64. The maximum Gasteiger partial charge on any atom is 0.203 e. The zero-order chi connectivity index (χ0) is 11.8. The van der Waals surface area contributed by atoms with Crippen LogP contribution < -0.4 is 5.32 Å². The average molecular weight is 225 g/mol. The molecule has 92 valence electrons. The van der Waals surface area contributed by atoms with Crippen LogP contribution in [0.1, 0.15) is 32.4 Å². The van der Waals surface area contributed by atoms with E-state index in [1.165, 1.54) is 6.42 Å². The highest BCUT2D eigenvalue weighted by Crippen LogP contribution is 2.07. The van der Waals surface area contributed by atoms with Crippen molar-refractivity contribution in [1.29, 1.82) is 0 Å². The molecule has 1 rings (SSSR count). The molecule has 0 aliphatic heterocycles. The van der Waals surface area contributed by atoms with E-state index in [-0.39, 0.29) is 0 Å². The molecular weight excluding hydrogens is 202 g/mol. The maximum absolute atomic E-state index is 5.48. The fourth-order valence-electron chi connectivity index (χ4n) is 1.51. The first kappa shape index (κ1) is 13.0. The summed E-state index contributed by atoms with van der Waals surface area (Å²) in [4.78, 5) is 4.41. The van der Waals surface area contributed by atoms with Crippen LogP contribution in [0.25, 0.3) is 0 Å². The Morgan fingerprint density at radius 3 is 2.88 bits per heavy atom. The molecule has 0 aliphatic carbocycles. The van der Waals surface area contributed by atoms with Crippen LogP contribution in [0.4, 0.5) is 5.95 Å². The van der Waals surface area contributed by atoms with Gasteiger partial charge in [0.25, 0.3) is 0 Å². The topological polar surface area (TPSA) is 39.1 Å². The van der Waals surface area contributed by atoms with E-state index in [1.54, 1.807) is 0 Å². The molecule has 4 heteroatoms. The molecule has 0 fully saturated rings. The highest BCUT2D eigenvalue weighted by atomic mass is 16.5. The third-order valence-electron chi connectivity index (χ3n) is 2.41. The molecule has 0 spiro atoms. The quantitative estimate of drug-likeness (QED) is 0.691. The predicted octanol–water partition coefficient (Wildman–Crippen LogP) is 2.44. The minimum absolute atomic E-state index is 0.746. The van der Waals surface area contributed by atoms with Crippen molar-refractivity contribution in [2.24, 2.45) is 0 Å². The van der Waals surface area contributed by atoms with Crippen molar-refractivity contribution in [3.8, 4) is 0 Å². The number of hydrogen-bond donors (Lipinski definition) is 1. The van der Waals surface area contributed by atoms with Crippen LogP contribution in [0, 0.1) is 6.92 Å². The summed E-state index contributed by atoms with van der Waals surface area (Å²) in [5, 5.41) is 3.29. The Morgan fingerprint density at radius 2 is 2.19 bits per heavy atom. The first-order chi connectivity index (χ1) is 7.77. The molecule has 4 nitrogen and oxygen atoms in total. The van der Waals surface area contributed by atoms with Crippen molar-refractivity contribution >= 4 is 5.95 Å². The Kier molecular flexibility index (Phi) is 5.93. The third kappa shape index (κ3) is 4.23. The van der Waals surface area contributed by atoms with Crippen molar-refractivity contribution in [2.75, 3.05) is 25.1 Å². The van der Waals surface area contributed by atoms with Gasteiger partial charge in [0.2, 0.25) is 5.95 Å². The van der Waals surface area contributed by atoms with Gasteiger partial charge in [-0.25, -0.2) is 4.98 Å².